The number of nitrogens with one attached hydrogen (secondary N) is 1. The highest BCUT2D eigenvalue weighted by Crippen LogP contribution is 2.41. The molecule has 3 aromatic rings. The lowest BCUT2D eigenvalue weighted by Gasteiger charge is -2.21. The number of nitrogens with zero attached hydrogens (tertiary/aromatic N) is 2. The Labute approximate surface area is 209 Å². The first-order valence-electron chi connectivity index (χ1n) is 12.2. The molecule has 0 saturated heterocycles. The van der Waals surface area contributed by atoms with Crippen LogP contribution >= 0.6 is 0 Å². The van der Waals surface area contributed by atoms with E-state index in [2.05, 4.69) is 5.32 Å². The monoisotopic (exact) mass is 505 g/mol. The van der Waals surface area contributed by atoms with Gasteiger partial charge in [0.2, 0.25) is 5.91 Å². The van der Waals surface area contributed by atoms with Crippen molar-refractivity contribution in [3.05, 3.63) is 50.8 Å². The third kappa shape index (κ3) is 3.41. The van der Waals surface area contributed by atoms with E-state index in [9.17, 15) is 24.6 Å². The average Bonchev–Trinajstić information content (AvgIpc) is 3.69. The third-order valence-electron chi connectivity index (χ3n) is 7.51. The summed E-state index contributed by atoms with van der Waals surface area (Å²) in [6.45, 7) is 0.903. The number of carbonyl (C=O) groups excluding carboxylic acids is 2. The molecule has 11 heteroatoms. The van der Waals surface area contributed by atoms with E-state index in [1.54, 1.807) is 16.7 Å². The van der Waals surface area contributed by atoms with Gasteiger partial charge in [-0.05, 0) is 36.5 Å². The van der Waals surface area contributed by atoms with Gasteiger partial charge in [-0.2, -0.15) is 0 Å². The summed E-state index contributed by atoms with van der Waals surface area (Å²) >= 11 is 0. The SMILES string of the molecule is O=C1OCc2c(cc3n(c2=O)Cc2c-3nc3cc4c(cc3c2CNC(=O)C(O)C2CC2)OCCO4)C1O. The molecule has 1 amide bonds. The zero-order chi connectivity index (χ0) is 25.4. The summed E-state index contributed by atoms with van der Waals surface area (Å²) in [7, 11) is 0. The molecule has 1 saturated carbocycles. The van der Waals surface area contributed by atoms with E-state index in [1.807, 2.05) is 6.07 Å². The number of cyclic esters (lactones) is 1. The quantitative estimate of drug-likeness (QED) is 0.340. The van der Waals surface area contributed by atoms with Gasteiger partial charge < -0.3 is 34.3 Å². The summed E-state index contributed by atoms with van der Waals surface area (Å²) in [6.07, 6.45) is -0.956. The van der Waals surface area contributed by atoms with Crippen LogP contribution in [0.1, 0.15) is 41.2 Å². The topological polar surface area (TPSA) is 149 Å². The van der Waals surface area contributed by atoms with Crippen molar-refractivity contribution >= 4 is 22.8 Å². The van der Waals surface area contributed by atoms with E-state index in [4.69, 9.17) is 19.2 Å². The number of fused-ring (bicyclic) bond motifs is 6. The number of amides is 1. The van der Waals surface area contributed by atoms with Gasteiger partial charge in [-0.15, -0.1) is 0 Å². The number of aromatic nitrogens is 2. The van der Waals surface area contributed by atoms with Crippen LogP contribution in [0.5, 0.6) is 11.5 Å². The van der Waals surface area contributed by atoms with Crippen LogP contribution in [0.3, 0.4) is 0 Å². The summed E-state index contributed by atoms with van der Waals surface area (Å²) in [6, 6.07) is 5.20. The Bertz CT molecular complexity index is 1570. The first-order chi connectivity index (χ1) is 17.9. The van der Waals surface area contributed by atoms with Gasteiger partial charge in [0.05, 0.1) is 29.0 Å². The summed E-state index contributed by atoms with van der Waals surface area (Å²) < 4.78 is 18.0. The molecule has 1 aromatic carbocycles. The summed E-state index contributed by atoms with van der Waals surface area (Å²) in [4.78, 5) is 42.8. The van der Waals surface area contributed by atoms with Crippen molar-refractivity contribution in [1.82, 2.24) is 14.9 Å². The Morgan fingerprint density at radius 3 is 2.62 bits per heavy atom. The van der Waals surface area contributed by atoms with Gasteiger partial charge >= 0.3 is 5.97 Å². The van der Waals surface area contributed by atoms with E-state index in [-0.39, 0.29) is 42.3 Å². The summed E-state index contributed by atoms with van der Waals surface area (Å²) in [5, 5.41) is 24.3. The molecule has 5 heterocycles. The number of carbonyl (C=O) groups is 2. The second-order valence-corrected chi connectivity index (χ2v) is 9.80. The zero-order valence-corrected chi connectivity index (χ0v) is 19.7. The largest absolute Gasteiger partial charge is 0.486 e. The fourth-order valence-corrected chi connectivity index (χ4v) is 5.35. The maximum atomic E-state index is 13.4. The third-order valence-corrected chi connectivity index (χ3v) is 7.51. The standard InChI is InChI=1S/C26H23N3O8/c30-22(11-1-2-11)24(32)27-8-14-12-6-19-20(36-4-3-35-19)7-17(12)28-21-15(14)9-29-18(21)5-13-16(25(29)33)10-37-26(34)23(13)31/h5-7,11,22-23,30-31H,1-4,8-10H2,(H,27,32). The summed E-state index contributed by atoms with van der Waals surface area (Å²) in [5.41, 5.74) is 3.10. The minimum Gasteiger partial charge on any atom is -0.486 e. The number of rotatable bonds is 4. The first kappa shape index (κ1) is 22.3. The molecule has 4 aliphatic rings. The maximum absolute atomic E-state index is 13.4. The van der Waals surface area contributed by atoms with Gasteiger partial charge in [-0.3, -0.25) is 9.59 Å². The van der Waals surface area contributed by atoms with Gasteiger partial charge in [-0.1, -0.05) is 0 Å². The van der Waals surface area contributed by atoms with Crippen molar-refractivity contribution in [2.45, 2.75) is 44.7 Å². The van der Waals surface area contributed by atoms with Crippen LogP contribution in [-0.2, 0) is 34.0 Å². The van der Waals surface area contributed by atoms with Gasteiger partial charge in [0.15, 0.2) is 17.6 Å². The highest BCUT2D eigenvalue weighted by atomic mass is 16.6. The van der Waals surface area contributed by atoms with Crippen molar-refractivity contribution in [2.24, 2.45) is 5.92 Å². The van der Waals surface area contributed by atoms with Crippen molar-refractivity contribution in [3.63, 3.8) is 0 Å². The molecule has 1 aliphatic carbocycles. The number of aliphatic hydroxyl groups is 2. The van der Waals surface area contributed by atoms with E-state index in [0.717, 1.165) is 29.4 Å². The number of esters is 1. The zero-order valence-electron chi connectivity index (χ0n) is 19.7. The van der Waals surface area contributed by atoms with E-state index >= 15 is 0 Å². The lowest BCUT2D eigenvalue weighted by molar-refractivity contribution is -0.157. The number of benzene rings is 1. The highest BCUT2D eigenvalue weighted by Gasteiger charge is 2.36. The van der Waals surface area contributed by atoms with Gasteiger partial charge in [-0.25, -0.2) is 9.78 Å². The van der Waals surface area contributed by atoms with Crippen LogP contribution in [0.2, 0.25) is 0 Å². The molecule has 1 fully saturated rings. The van der Waals surface area contributed by atoms with Crippen molar-refractivity contribution < 1.29 is 34.0 Å². The Kier molecular flexibility index (Phi) is 4.82. The lowest BCUT2D eigenvalue weighted by Crippen LogP contribution is -2.35. The molecule has 190 valence electrons. The number of hydrogen-bond donors (Lipinski definition) is 3. The number of hydrogen-bond acceptors (Lipinski definition) is 9. The molecule has 0 bridgehead atoms. The van der Waals surface area contributed by atoms with Crippen LogP contribution in [0.25, 0.3) is 22.3 Å². The summed E-state index contributed by atoms with van der Waals surface area (Å²) in [5.74, 6) is -0.149. The highest BCUT2D eigenvalue weighted by molar-refractivity contribution is 5.91. The van der Waals surface area contributed by atoms with Gasteiger partial charge in [0.25, 0.3) is 5.56 Å². The van der Waals surface area contributed by atoms with Crippen molar-refractivity contribution in [2.75, 3.05) is 13.2 Å². The minimum absolute atomic E-state index is 0.0111. The minimum atomic E-state index is -1.55. The Morgan fingerprint density at radius 2 is 1.86 bits per heavy atom. The van der Waals surface area contributed by atoms with Crippen LogP contribution in [0.15, 0.2) is 23.0 Å². The molecule has 0 radical (unpaired) electrons. The smallest absolute Gasteiger partial charge is 0.340 e. The number of ether oxygens (including phenoxy) is 3. The Morgan fingerprint density at radius 1 is 1.11 bits per heavy atom. The molecule has 3 aliphatic heterocycles. The number of pyridine rings is 2. The molecular weight excluding hydrogens is 482 g/mol. The molecular formula is C26H23N3O8. The first-order valence-corrected chi connectivity index (χ1v) is 12.2. The molecule has 2 aromatic heterocycles. The Hall–Kier alpha value is -3.96. The molecule has 7 rings (SSSR count). The predicted molar refractivity (Wildman–Crippen MR) is 127 cm³/mol. The van der Waals surface area contributed by atoms with Crippen LogP contribution < -0.4 is 20.3 Å². The Balaban J connectivity index is 1.39. The second kappa shape index (κ2) is 8.02. The average molecular weight is 505 g/mol. The van der Waals surface area contributed by atoms with Gasteiger partial charge in [0, 0.05) is 29.1 Å². The second-order valence-electron chi connectivity index (χ2n) is 9.80. The predicted octanol–water partition coefficient (Wildman–Crippen LogP) is 0.674. The molecule has 2 atom stereocenters. The van der Waals surface area contributed by atoms with Crippen molar-refractivity contribution in [3.8, 4) is 22.9 Å². The van der Waals surface area contributed by atoms with Crippen LogP contribution in [0.4, 0.5) is 0 Å². The molecule has 0 spiro atoms. The fraction of sp³-hybridized carbons (Fsp3) is 0.385. The van der Waals surface area contributed by atoms with E-state index < -0.39 is 24.1 Å². The van der Waals surface area contributed by atoms with E-state index in [0.29, 0.717) is 41.6 Å². The molecule has 3 N–H and O–H groups in total. The van der Waals surface area contributed by atoms with Crippen LogP contribution in [0, 0.1) is 5.92 Å². The fourth-order valence-electron chi connectivity index (χ4n) is 5.35. The van der Waals surface area contributed by atoms with E-state index in [1.165, 1.54) is 0 Å². The van der Waals surface area contributed by atoms with Crippen molar-refractivity contribution in [1.29, 1.82) is 0 Å². The van der Waals surface area contributed by atoms with Crippen LogP contribution in [-0.4, -0.2) is 51.0 Å². The normalized spacial score (nSPS) is 20.1. The lowest BCUT2D eigenvalue weighted by atomic mass is 9.98. The molecule has 2 unspecified atom stereocenters. The maximum Gasteiger partial charge on any atom is 0.340 e. The molecule has 37 heavy (non-hydrogen) atoms. The van der Waals surface area contributed by atoms with Gasteiger partial charge in [0.1, 0.15) is 25.9 Å². The molecule has 11 nitrogen and oxygen atoms in total. The number of aliphatic hydroxyl groups excluding tert-OH is 2.